The van der Waals surface area contributed by atoms with Crippen LogP contribution in [0.25, 0.3) is 32.3 Å². The maximum absolute atomic E-state index is 5.89. The minimum atomic E-state index is 0.309. The van der Waals surface area contributed by atoms with E-state index in [0.717, 1.165) is 19.6 Å². The van der Waals surface area contributed by atoms with Crippen molar-refractivity contribution < 1.29 is 4.74 Å². The Morgan fingerprint density at radius 1 is 0.800 bits per heavy atom. The Hall–Kier alpha value is -2.16. The maximum atomic E-state index is 5.89. The molecule has 5 rings (SSSR count). The average molecular weight is 329 g/mol. The lowest BCUT2D eigenvalue weighted by atomic mass is 9.92. The van der Waals surface area contributed by atoms with Crippen LogP contribution in [0.2, 0.25) is 0 Å². The standard InChI is InChI=1S/C23H23NO/c1-15-12-24(13-16(2)25-15)14-20-9-8-19-7-6-17-4-3-5-18-10-11-21(20)23(19)22(17)18/h3-11,15-16H,12-14H2,1-2H3/t15-,16-/m0/s1. The topological polar surface area (TPSA) is 12.5 Å². The van der Waals surface area contributed by atoms with Crippen LogP contribution in [0.15, 0.2) is 54.6 Å². The van der Waals surface area contributed by atoms with Crippen molar-refractivity contribution in [1.82, 2.24) is 4.90 Å². The van der Waals surface area contributed by atoms with Crippen LogP contribution in [0, 0.1) is 0 Å². The number of rotatable bonds is 2. The number of ether oxygens (including phenoxy) is 1. The predicted molar refractivity (Wildman–Crippen MR) is 105 cm³/mol. The Balaban J connectivity index is 1.66. The zero-order valence-corrected chi connectivity index (χ0v) is 14.8. The van der Waals surface area contributed by atoms with Gasteiger partial charge in [-0.3, -0.25) is 4.90 Å². The first-order valence-corrected chi connectivity index (χ1v) is 9.22. The first kappa shape index (κ1) is 15.1. The molecule has 2 nitrogen and oxygen atoms in total. The van der Waals surface area contributed by atoms with E-state index in [-0.39, 0.29) is 0 Å². The number of morpholine rings is 1. The molecule has 1 saturated heterocycles. The van der Waals surface area contributed by atoms with Gasteiger partial charge in [-0.05, 0) is 51.7 Å². The van der Waals surface area contributed by atoms with Crippen LogP contribution < -0.4 is 0 Å². The Bertz CT molecular complexity index is 1030. The lowest BCUT2D eigenvalue weighted by molar-refractivity contribution is -0.0703. The van der Waals surface area contributed by atoms with E-state index in [1.807, 2.05) is 0 Å². The SMILES string of the molecule is C[C@H]1CN(Cc2ccc3ccc4cccc5ccc2c3c45)C[C@H](C)O1. The van der Waals surface area contributed by atoms with Gasteiger partial charge in [-0.25, -0.2) is 0 Å². The molecule has 2 atom stereocenters. The molecule has 0 unspecified atom stereocenters. The summed E-state index contributed by atoms with van der Waals surface area (Å²) in [5.74, 6) is 0. The highest BCUT2D eigenvalue weighted by molar-refractivity contribution is 6.23. The van der Waals surface area contributed by atoms with Crippen molar-refractivity contribution >= 4 is 32.3 Å². The molecule has 0 bridgehead atoms. The largest absolute Gasteiger partial charge is 0.373 e. The van der Waals surface area contributed by atoms with Gasteiger partial charge in [0.15, 0.2) is 0 Å². The highest BCUT2D eigenvalue weighted by Gasteiger charge is 2.22. The molecule has 4 aromatic rings. The zero-order chi connectivity index (χ0) is 17.0. The molecular weight excluding hydrogens is 306 g/mol. The van der Waals surface area contributed by atoms with E-state index in [0.29, 0.717) is 12.2 Å². The summed E-state index contributed by atoms with van der Waals surface area (Å²) in [6.45, 7) is 7.35. The molecule has 1 fully saturated rings. The molecular formula is C23H23NO. The van der Waals surface area contributed by atoms with Gasteiger partial charge in [0.25, 0.3) is 0 Å². The van der Waals surface area contributed by atoms with Crippen molar-refractivity contribution in [1.29, 1.82) is 0 Å². The van der Waals surface area contributed by atoms with Crippen LogP contribution in [-0.2, 0) is 11.3 Å². The molecule has 1 aliphatic rings. The number of nitrogens with zero attached hydrogens (tertiary/aromatic N) is 1. The van der Waals surface area contributed by atoms with Gasteiger partial charge in [0.05, 0.1) is 12.2 Å². The van der Waals surface area contributed by atoms with Crippen molar-refractivity contribution in [3.8, 4) is 0 Å². The molecule has 25 heavy (non-hydrogen) atoms. The van der Waals surface area contributed by atoms with Crippen LogP contribution in [0.4, 0.5) is 0 Å². The van der Waals surface area contributed by atoms with E-state index < -0.39 is 0 Å². The van der Waals surface area contributed by atoms with E-state index in [1.165, 1.54) is 37.9 Å². The molecule has 0 aliphatic carbocycles. The molecule has 0 radical (unpaired) electrons. The Morgan fingerprint density at radius 3 is 2.12 bits per heavy atom. The second-order valence-corrected chi connectivity index (χ2v) is 7.53. The third-order valence-electron chi connectivity index (χ3n) is 5.51. The molecule has 0 spiro atoms. The summed E-state index contributed by atoms with van der Waals surface area (Å²) in [7, 11) is 0. The molecule has 1 aliphatic heterocycles. The zero-order valence-electron chi connectivity index (χ0n) is 14.8. The maximum Gasteiger partial charge on any atom is 0.0678 e. The molecule has 0 saturated carbocycles. The van der Waals surface area contributed by atoms with E-state index in [9.17, 15) is 0 Å². The van der Waals surface area contributed by atoms with E-state index in [2.05, 4.69) is 73.3 Å². The van der Waals surface area contributed by atoms with Gasteiger partial charge < -0.3 is 4.74 Å². The fraction of sp³-hybridized carbons (Fsp3) is 0.304. The number of hydrogen-bond acceptors (Lipinski definition) is 2. The minimum Gasteiger partial charge on any atom is -0.373 e. The first-order chi connectivity index (χ1) is 12.2. The Morgan fingerprint density at radius 2 is 1.40 bits per heavy atom. The van der Waals surface area contributed by atoms with Gasteiger partial charge in [0.2, 0.25) is 0 Å². The monoisotopic (exact) mass is 329 g/mol. The lowest BCUT2D eigenvalue weighted by Crippen LogP contribution is -2.44. The smallest absolute Gasteiger partial charge is 0.0678 e. The van der Waals surface area contributed by atoms with Crippen LogP contribution >= 0.6 is 0 Å². The second kappa shape index (κ2) is 5.69. The third kappa shape index (κ3) is 2.48. The third-order valence-corrected chi connectivity index (χ3v) is 5.51. The molecule has 0 N–H and O–H groups in total. The Labute approximate surface area is 148 Å². The predicted octanol–water partition coefficient (Wildman–Crippen LogP) is 5.19. The quantitative estimate of drug-likeness (QED) is 0.469. The highest BCUT2D eigenvalue weighted by Crippen LogP contribution is 2.36. The molecule has 1 heterocycles. The molecule has 0 amide bonds. The van der Waals surface area contributed by atoms with Crippen molar-refractivity contribution in [3.63, 3.8) is 0 Å². The molecule has 4 aromatic carbocycles. The first-order valence-electron chi connectivity index (χ1n) is 9.22. The van der Waals surface area contributed by atoms with Crippen molar-refractivity contribution in [2.45, 2.75) is 32.6 Å². The molecule has 0 aromatic heterocycles. The molecule has 2 heteroatoms. The van der Waals surface area contributed by atoms with E-state index in [4.69, 9.17) is 4.74 Å². The fourth-order valence-electron chi connectivity index (χ4n) is 4.59. The lowest BCUT2D eigenvalue weighted by Gasteiger charge is -2.35. The summed E-state index contributed by atoms with van der Waals surface area (Å²) in [6, 6.07) is 20.3. The summed E-state index contributed by atoms with van der Waals surface area (Å²) in [4.78, 5) is 2.53. The highest BCUT2D eigenvalue weighted by atomic mass is 16.5. The van der Waals surface area contributed by atoms with Crippen molar-refractivity contribution in [3.05, 3.63) is 60.2 Å². The van der Waals surface area contributed by atoms with E-state index >= 15 is 0 Å². The van der Waals surface area contributed by atoms with Crippen LogP contribution in [0.5, 0.6) is 0 Å². The number of hydrogen-bond donors (Lipinski definition) is 0. The van der Waals surface area contributed by atoms with Crippen LogP contribution in [0.1, 0.15) is 19.4 Å². The summed E-state index contributed by atoms with van der Waals surface area (Å²) in [5.41, 5.74) is 1.42. The summed E-state index contributed by atoms with van der Waals surface area (Å²) >= 11 is 0. The summed E-state index contributed by atoms with van der Waals surface area (Å²) < 4.78 is 5.89. The Kier molecular flexibility index (Phi) is 3.44. The summed E-state index contributed by atoms with van der Waals surface area (Å²) in [5, 5.41) is 8.23. The van der Waals surface area contributed by atoms with Gasteiger partial charge in [0.1, 0.15) is 0 Å². The van der Waals surface area contributed by atoms with Gasteiger partial charge in [-0.2, -0.15) is 0 Å². The average Bonchev–Trinajstić information content (AvgIpc) is 2.60. The van der Waals surface area contributed by atoms with Gasteiger partial charge in [0, 0.05) is 19.6 Å². The number of benzene rings is 4. The van der Waals surface area contributed by atoms with Gasteiger partial charge in [-0.1, -0.05) is 54.6 Å². The van der Waals surface area contributed by atoms with E-state index in [1.54, 1.807) is 0 Å². The van der Waals surface area contributed by atoms with Crippen LogP contribution in [0.3, 0.4) is 0 Å². The van der Waals surface area contributed by atoms with Crippen LogP contribution in [-0.4, -0.2) is 30.2 Å². The summed E-state index contributed by atoms with van der Waals surface area (Å²) in [6.07, 6.45) is 0.618. The van der Waals surface area contributed by atoms with Crippen molar-refractivity contribution in [2.24, 2.45) is 0 Å². The second-order valence-electron chi connectivity index (χ2n) is 7.53. The van der Waals surface area contributed by atoms with Gasteiger partial charge in [-0.15, -0.1) is 0 Å². The fourth-order valence-corrected chi connectivity index (χ4v) is 4.59. The molecule has 126 valence electrons. The normalized spacial score (nSPS) is 22.3. The van der Waals surface area contributed by atoms with Crippen molar-refractivity contribution in [2.75, 3.05) is 13.1 Å². The minimum absolute atomic E-state index is 0.309. The van der Waals surface area contributed by atoms with Gasteiger partial charge >= 0.3 is 0 Å².